The van der Waals surface area contributed by atoms with E-state index in [2.05, 4.69) is 33.1 Å². The zero-order valence-electron chi connectivity index (χ0n) is 14.1. The van der Waals surface area contributed by atoms with Gasteiger partial charge in [-0.25, -0.2) is 0 Å². The first-order valence-electron chi connectivity index (χ1n) is 8.79. The smallest absolute Gasteiger partial charge is 0.0576 e. The molecule has 1 N–H and O–H groups in total. The first-order valence-corrected chi connectivity index (χ1v) is 8.79. The van der Waals surface area contributed by atoms with Gasteiger partial charge in [-0.15, -0.1) is 0 Å². The Morgan fingerprint density at radius 3 is 2.50 bits per heavy atom. The molecule has 2 nitrogen and oxygen atoms in total. The van der Waals surface area contributed by atoms with E-state index in [1.54, 1.807) is 0 Å². The number of ether oxygens (including phenoxy) is 1. The van der Waals surface area contributed by atoms with Gasteiger partial charge in [0.15, 0.2) is 0 Å². The van der Waals surface area contributed by atoms with Crippen LogP contribution in [0.25, 0.3) is 0 Å². The zero-order chi connectivity index (χ0) is 14.6. The fraction of sp³-hybridized carbons (Fsp3) is 1.00. The van der Waals surface area contributed by atoms with Crippen LogP contribution in [0, 0.1) is 17.3 Å². The van der Waals surface area contributed by atoms with E-state index in [1.165, 1.54) is 51.4 Å². The third-order valence-electron chi connectivity index (χ3n) is 5.70. The largest absolute Gasteiger partial charge is 0.378 e. The third-order valence-corrected chi connectivity index (χ3v) is 5.70. The van der Waals surface area contributed by atoms with Crippen LogP contribution in [-0.4, -0.2) is 25.8 Å². The van der Waals surface area contributed by atoms with Gasteiger partial charge in [0.05, 0.1) is 6.10 Å². The molecule has 0 aromatic heterocycles. The van der Waals surface area contributed by atoms with Crippen molar-refractivity contribution in [3.63, 3.8) is 0 Å². The Morgan fingerprint density at radius 1 is 1.10 bits per heavy atom. The van der Waals surface area contributed by atoms with Gasteiger partial charge in [-0.05, 0) is 69.2 Å². The van der Waals surface area contributed by atoms with Gasteiger partial charge in [0.25, 0.3) is 0 Å². The molecule has 4 unspecified atom stereocenters. The Hall–Kier alpha value is -0.0800. The minimum atomic E-state index is 0.478. The highest BCUT2D eigenvalue weighted by Gasteiger charge is 2.35. The Kier molecular flexibility index (Phi) is 5.92. The molecule has 1 aliphatic carbocycles. The summed E-state index contributed by atoms with van der Waals surface area (Å²) in [4.78, 5) is 0. The van der Waals surface area contributed by atoms with Crippen molar-refractivity contribution in [3.05, 3.63) is 0 Å². The van der Waals surface area contributed by atoms with Crippen LogP contribution in [0.5, 0.6) is 0 Å². The van der Waals surface area contributed by atoms with E-state index >= 15 is 0 Å². The molecule has 2 rings (SSSR count). The molecule has 1 aliphatic heterocycles. The van der Waals surface area contributed by atoms with E-state index in [0.717, 1.165) is 24.5 Å². The predicted molar refractivity (Wildman–Crippen MR) is 86.0 cm³/mol. The van der Waals surface area contributed by atoms with Gasteiger partial charge in [-0.2, -0.15) is 0 Å². The summed E-state index contributed by atoms with van der Waals surface area (Å²) in [5.74, 6) is 1.78. The average molecular weight is 281 g/mol. The highest BCUT2D eigenvalue weighted by molar-refractivity contribution is 4.88. The molecule has 118 valence electrons. The van der Waals surface area contributed by atoms with E-state index in [1.807, 2.05) is 0 Å². The van der Waals surface area contributed by atoms with Crippen LogP contribution >= 0.6 is 0 Å². The summed E-state index contributed by atoms with van der Waals surface area (Å²) in [7, 11) is 2.15. The summed E-state index contributed by atoms with van der Waals surface area (Å²) in [6.45, 7) is 8.25. The Balaban J connectivity index is 1.79. The zero-order valence-corrected chi connectivity index (χ0v) is 14.1. The van der Waals surface area contributed by atoms with E-state index in [9.17, 15) is 0 Å². The van der Waals surface area contributed by atoms with Gasteiger partial charge in [0.2, 0.25) is 0 Å². The highest BCUT2D eigenvalue weighted by atomic mass is 16.5. The van der Waals surface area contributed by atoms with E-state index < -0.39 is 0 Å². The minimum absolute atomic E-state index is 0.478. The summed E-state index contributed by atoms with van der Waals surface area (Å²) < 4.78 is 5.76. The molecular formula is C18H35NO. The summed E-state index contributed by atoms with van der Waals surface area (Å²) in [6.07, 6.45) is 11.4. The maximum absolute atomic E-state index is 5.76. The molecule has 0 radical (unpaired) electrons. The molecule has 0 spiro atoms. The first-order chi connectivity index (χ1) is 9.50. The molecule has 1 saturated carbocycles. The van der Waals surface area contributed by atoms with Crippen molar-refractivity contribution in [2.45, 2.75) is 84.3 Å². The second-order valence-corrected chi connectivity index (χ2v) is 8.10. The maximum atomic E-state index is 5.76. The average Bonchev–Trinajstić information content (AvgIpc) is 2.90. The van der Waals surface area contributed by atoms with Crippen LogP contribution in [-0.2, 0) is 4.74 Å². The quantitative estimate of drug-likeness (QED) is 0.807. The molecule has 2 aliphatic rings. The monoisotopic (exact) mass is 281 g/mol. The van der Waals surface area contributed by atoms with Crippen LogP contribution in [0.4, 0.5) is 0 Å². The van der Waals surface area contributed by atoms with Crippen molar-refractivity contribution < 1.29 is 4.74 Å². The Morgan fingerprint density at radius 2 is 1.90 bits per heavy atom. The summed E-state index contributed by atoms with van der Waals surface area (Å²) >= 11 is 0. The molecule has 1 heterocycles. The number of rotatable bonds is 5. The third kappa shape index (κ3) is 4.46. The molecule has 2 heteroatoms. The molecule has 0 amide bonds. The predicted octanol–water partition coefficient (Wildman–Crippen LogP) is 4.39. The molecule has 2 fully saturated rings. The normalized spacial score (nSPS) is 35.4. The van der Waals surface area contributed by atoms with Gasteiger partial charge >= 0.3 is 0 Å². The van der Waals surface area contributed by atoms with Gasteiger partial charge in [-0.3, -0.25) is 0 Å². The van der Waals surface area contributed by atoms with Crippen LogP contribution in [0.15, 0.2) is 0 Å². The van der Waals surface area contributed by atoms with Gasteiger partial charge < -0.3 is 10.1 Å². The van der Waals surface area contributed by atoms with Crippen molar-refractivity contribution >= 4 is 0 Å². The summed E-state index contributed by atoms with van der Waals surface area (Å²) in [5.41, 5.74) is 0.478. The van der Waals surface area contributed by atoms with Gasteiger partial charge in [0.1, 0.15) is 0 Å². The fourth-order valence-electron chi connectivity index (χ4n) is 4.23. The highest BCUT2D eigenvalue weighted by Crippen LogP contribution is 2.41. The van der Waals surface area contributed by atoms with Crippen LogP contribution < -0.4 is 5.32 Å². The fourth-order valence-corrected chi connectivity index (χ4v) is 4.23. The summed E-state index contributed by atoms with van der Waals surface area (Å²) in [6, 6.07) is 0.748. The molecule has 1 saturated heterocycles. The number of hydrogen-bond donors (Lipinski definition) is 1. The number of nitrogens with one attached hydrogen (secondary N) is 1. The Labute approximate surface area is 126 Å². The van der Waals surface area contributed by atoms with Crippen molar-refractivity contribution in [2.24, 2.45) is 17.3 Å². The molecular weight excluding hydrogens is 246 g/mol. The lowest BCUT2D eigenvalue weighted by molar-refractivity contribution is 0.0892. The number of hydrogen-bond acceptors (Lipinski definition) is 2. The molecule has 20 heavy (non-hydrogen) atoms. The Bertz CT molecular complexity index is 278. The van der Waals surface area contributed by atoms with Crippen molar-refractivity contribution in [1.82, 2.24) is 5.32 Å². The topological polar surface area (TPSA) is 21.3 Å². The molecule has 0 aromatic carbocycles. The standard InChI is InChI=1S/C18H35NO/c1-18(2,3)15-10-11-17(19-4)14(13-15)7-5-8-16-9-6-12-20-16/h14-17,19H,5-13H2,1-4H3. The lowest BCUT2D eigenvalue weighted by atomic mass is 9.66. The van der Waals surface area contributed by atoms with Gasteiger partial charge in [-0.1, -0.05) is 27.2 Å². The lowest BCUT2D eigenvalue weighted by Crippen LogP contribution is -2.41. The minimum Gasteiger partial charge on any atom is -0.378 e. The van der Waals surface area contributed by atoms with Crippen molar-refractivity contribution in [1.29, 1.82) is 0 Å². The molecule has 0 aromatic rings. The van der Waals surface area contributed by atoms with Gasteiger partial charge in [0, 0.05) is 12.6 Å². The maximum Gasteiger partial charge on any atom is 0.0576 e. The van der Waals surface area contributed by atoms with Crippen LogP contribution in [0.1, 0.15) is 72.1 Å². The van der Waals surface area contributed by atoms with E-state index in [0.29, 0.717) is 11.5 Å². The lowest BCUT2D eigenvalue weighted by Gasteiger charge is -2.42. The van der Waals surface area contributed by atoms with E-state index in [-0.39, 0.29) is 0 Å². The SMILES string of the molecule is CNC1CCC(C(C)(C)C)CC1CCCC1CCCO1. The molecule has 4 atom stereocenters. The second-order valence-electron chi connectivity index (χ2n) is 8.10. The molecule has 0 bridgehead atoms. The first kappa shape index (κ1) is 16.3. The van der Waals surface area contributed by atoms with Crippen molar-refractivity contribution in [3.8, 4) is 0 Å². The second kappa shape index (κ2) is 7.26. The van der Waals surface area contributed by atoms with Crippen molar-refractivity contribution in [2.75, 3.05) is 13.7 Å². The summed E-state index contributed by atoms with van der Waals surface area (Å²) in [5, 5.41) is 3.57. The van der Waals surface area contributed by atoms with Crippen LogP contribution in [0.3, 0.4) is 0 Å². The van der Waals surface area contributed by atoms with E-state index in [4.69, 9.17) is 4.74 Å². The van der Waals surface area contributed by atoms with Crippen LogP contribution in [0.2, 0.25) is 0 Å².